The number of morpholine rings is 1. The van der Waals surface area contributed by atoms with Gasteiger partial charge in [-0.15, -0.1) is 0 Å². The largest absolute Gasteiger partial charge is 0.372 e. The van der Waals surface area contributed by atoms with Crippen LogP contribution in [0.25, 0.3) is 0 Å². The number of likely N-dealkylation sites (tertiary alicyclic amines) is 1. The van der Waals surface area contributed by atoms with Gasteiger partial charge in [0.15, 0.2) is 0 Å². The lowest BCUT2D eigenvalue weighted by Crippen LogP contribution is -2.46. The average molecular weight is 234 g/mol. The zero-order chi connectivity index (χ0) is 11.7. The molecule has 2 saturated heterocycles. The monoisotopic (exact) mass is 234 g/mol. The highest BCUT2D eigenvalue weighted by molar-refractivity contribution is 5.07. The van der Waals surface area contributed by atoms with Gasteiger partial charge in [0.2, 0.25) is 0 Å². The molecule has 5 nitrogen and oxygen atoms in total. The number of fused-ring (bicyclic) bond motifs is 2. The van der Waals surface area contributed by atoms with E-state index in [2.05, 4.69) is 14.9 Å². The summed E-state index contributed by atoms with van der Waals surface area (Å²) in [7, 11) is 0. The van der Waals surface area contributed by atoms with E-state index in [1.165, 1.54) is 12.8 Å². The Morgan fingerprint density at radius 3 is 2.76 bits per heavy atom. The van der Waals surface area contributed by atoms with Crippen molar-refractivity contribution < 1.29 is 4.74 Å². The number of nitrogens with two attached hydrogens (primary N) is 1. The minimum atomic E-state index is 0.199. The van der Waals surface area contributed by atoms with Gasteiger partial charge in [0.25, 0.3) is 0 Å². The summed E-state index contributed by atoms with van der Waals surface area (Å²) in [6, 6.07) is 2.15. The highest BCUT2D eigenvalue weighted by Crippen LogP contribution is 2.30. The highest BCUT2D eigenvalue weighted by atomic mass is 16.5. The Bertz CT molecular complexity index is 360. The molecule has 3 rings (SSSR count). The van der Waals surface area contributed by atoms with Crippen molar-refractivity contribution in [2.24, 2.45) is 5.73 Å². The lowest BCUT2D eigenvalue weighted by molar-refractivity contribution is -0.0526. The molecule has 2 aliphatic heterocycles. The molecule has 2 bridgehead atoms. The predicted octanol–water partition coefficient (Wildman–Crippen LogP) is 0.340. The summed E-state index contributed by atoms with van der Waals surface area (Å²) in [5, 5.41) is 0. The average Bonchev–Trinajstić information content (AvgIpc) is 2.71. The van der Waals surface area contributed by atoms with Crippen LogP contribution >= 0.6 is 0 Å². The molecule has 17 heavy (non-hydrogen) atoms. The zero-order valence-electron chi connectivity index (χ0n) is 9.83. The first-order valence-electron chi connectivity index (χ1n) is 6.22. The summed E-state index contributed by atoms with van der Waals surface area (Å²) in [5.41, 5.74) is 6.92. The van der Waals surface area contributed by atoms with Crippen molar-refractivity contribution in [3.63, 3.8) is 0 Å². The van der Waals surface area contributed by atoms with Gasteiger partial charge in [-0.25, -0.2) is 9.97 Å². The Balaban J connectivity index is 1.77. The molecule has 3 heterocycles. The molecule has 3 atom stereocenters. The third kappa shape index (κ3) is 2.18. The van der Waals surface area contributed by atoms with Gasteiger partial charge >= 0.3 is 0 Å². The second-order valence-electron chi connectivity index (χ2n) is 4.80. The fourth-order valence-corrected chi connectivity index (χ4v) is 2.86. The van der Waals surface area contributed by atoms with E-state index >= 15 is 0 Å². The second kappa shape index (κ2) is 4.68. The Labute approximate surface area is 101 Å². The Kier molecular flexibility index (Phi) is 3.05. The number of hydrogen-bond donors (Lipinski definition) is 1. The molecule has 2 aliphatic rings. The molecule has 3 unspecified atom stereocenters. The molecule has 0 aliphatic carbocycles. The van der Waals surface area contributed by atoms with Crippen molar-refractivity contribution in [1.29, 1.82) is 0 Å². The van der Waals surface area contributed by atoms with Crippen molar-refractivity contribution in [3.05, 3.63) is 24.3 Å². The maximum absolute atomic E-state index is 5.90. The molecule has 0 amide bonds. The van der Waals surface area contributed by atoms with Gasteiger partial charge in [0, 0.05) is 25.8 Å². The lowest BCUT2D eigenvalue weighted by Gasteiger charge is -2.37. The molecule has 5 heteroatoms. The van der Waals surface area contributed by atoms with Crippen LogP contribution in [0.15, 0.2) is 18.6 Å². The molecule has 1 aromatic heterocycles. The minimum absolute atomic E-state index is 0.199. The van der Waals surface area contributed by atoms with Crippen LogP contribution in [0.1, 0.15) is 24.6 Å². The molecule has 2 fully saturated rings. The Hall–Kier alpha value is -1.04. The molecule has 0 spiro atoms. The molecular weight excluding hydrogens is 216 g/mol. The number of ether oxygens (including phenoxy) is 1. The van der Waals surface area contributed by atoms with E-state index in [-0.39, 0.29) is 6.04 Å². The molecule has 2 N–H and O–H groups in total. The predicted molar refractivity (Wildman–Crippen MR) is 63.3 cm³/mol. The maximum atomic E-state index is 5.90. The van der Waals surface area contributed by atoms with Crippen LogP contribution in [-0.4, -0.2) is 46.7 Å². The number of rotatable bonds is 3. The summed E-state index contributed by atoms with van der Waals surface area (Å²) in [6.45, 7) is 2.54. The van der Waals surface area contributed by atoms with Gasteiger partial charge in [-0.3, -0.25) is 4.90 Å². The van der Waals surface area contributed by atoms with Crippen LogP contribution in [-0.2, 0) is 4.74 Å². The van der Waals surface area contributed by atoms with Crippen LogP contribution in [0.5, 0.6) is 0 Å². The number of nitrogens with zero attached hydrogens (tertiary/aromatic N) is 3. The first kappa shape index (κ1) is 11.1. The summed E-state index contributed by atoms with van der Waals surface area (Å²) >= 11 is 0. The van der Waals surface area contributed by atoms with E-state index in [0.29, 0.717) is 18.8 Å². The molecule has 0 aromatic carbocycles. The highest BCUT2D eigenvalue weighted by Gasteiger charge is 2.36. The van der Waals surface area contributed by atoms with E-state index in [4.69, 9.17) is 10.5 Å². The van der Waals surface area contributed by atoms with E-state index in [1.807, 2.05) is 6.07 Å². The van der Waals surface area contributed by atoms with Crippen molar-refractivity contribution in [3.8, 4) is 0 Å². The normalized spacial score (nSPS) is 30.4. The quantitative estimate of drug-likeness (QED) is 0.817. The maximum Gasteiger partial charge on any atom is 0.115 e. The first-order chi connectivity index (χ1) is 8.36. The molecule has 92 valence electrons. The van der Waals surface area contributed by atoms with E-state index in [9.17, 15) is 0 Å². The SMILES string of the molecule is NCC(c1ccncn1)N1CC2CCC(C1)O2. The Morgan fingerprint density at radius 1 is 1.41 bits per heavy atom. The molecule has 0 saturated carbocycles. The van der Waals surface area contributed by atoms with E-state index < -0.39 is 0 Å². The smallest absolute Gasteiger partial charge is 0.115 e. The lowest BCUT2D eigenvalue weighted by atomic mass is 10.1. The topological polar surface area (TPSA) is 64.3 Å². The standard InChI is InChI=1S/C12H18N4O/c13-5-12(11-3-4-14-8-15-11)16-6-9-1-2-10(7-16)17-9/h3-4,8-10,12H,1-2,5-7,13H2. The van der Waals surface area contributed by atoms with Crippen LogP contribution in [0.4, 0.5) is 0 Å². The van der Waals surface area contributed by atoms with Crippen LogP contribution < -0.4 is 5.73 Å². The van der Waals surface area contributed by atoms with Gasteiger partial charge < -0.3 is 10.5 Å². The van der Waals surface area contributed by atoms with Crippen LogP contribution in [0, 0.1) is 0 Å². The van der Waals surface area contributed by atoms with Gasteiger partial charge in [-0.05, 0) is 18.9 Å². The Morgan fingerprint density at radius 2 is 2.18 bits per heavy atom. The van der Waals surface area contributed by atoms with Crippen LogP contribution in [0.2, 0.25) is 0 Å². The number of hydrogen-bond acceptors (Lipinski definition) is 5. The third-order valence-electron chi connectivity index (χ3n) is 3.68. The first-order valence-corrected chi connectivity index (χ1v) is 6.22. The van der Waals surface area contributed by atoms with Crippen molar-refractivity contribution in [2.75, 3.05) is 19.6 Å². The number of aromatic nitrogens is 2. The van der Waals surface area contributed by atoms with E-state index in [0.717, 1.165) is 18.8 Å². The fraction of sp³-hybridized carbons (Fsp3) is 0.667. The van der Waals surface area contributed by atoms with E-state index in [1.54, 1.807) is 12.5 Å². The fourth-order valence-electron chi connectivity index (χ4n) is 2.86. The van der Waals surface area contributed by atoms with Gasteiger partial charge in [0.05, 0.1) is 23.9 Å². The minimum Gasteiger partial charge on any atom is -0.372 e. The van der Waals surface area contributed by atoms with Gasteiger partial charge in [-0.2, -0.15) is 0 Å². The zero-order valence-corrected chi connectivity index (χ0v) is 9.83. The molecule has 1 aromatic rings. The molecule has 0 radical (unpaired) electrons. The summed E-state index contributed by atoms with van der Waals surface area (Å²) in [5.74, 6) is 0. The summed E-state index contributed by atoms with van der Waals surface area (Å²) in [4.78, 5) is 10.7. The van der Waals surface area contributed by atoms with Crippen LogP contribution in [0.3, 0.4) is 0 Å². The molecular formula is C12H18N4O. The summed E-state index contributed by atoms with van der Waals surface area (Å²) < 4.78 is 5.84. The second-order valence-corrected chi connectivity index (χ2v) is 4.80. The third-order valence-corrected chi connectivity index (χ3v) is 3.68. The van der Waals surface area contributed by atoms with Crippen molar-refractivity contribution in [1.82, 2.24) is 14.9 Å². The van der Waals surface area contributed by atoms with Gasteiger partial charge in [-0.1, -0.05) is 0 Å². The van der Waals surface area contributed by atoms with Crippen molar-refractivity contribution >= 4 is 0 Å². The van der Waals surface area contributed by atoms with Gasteiger partial charge in [0.1, 0.15) is 6.33 Å². The van der Waals surface area contributed by atoms with Crippen molar-refractivity contribution in [2.45, 2.75) is 31.1 Å². The summed E-state index contributed by atoms with van der Waals surface area (Å²) in [6.07, 6.45) is 6.52.